The van der Waals surface area contributed by atoms with Crippen molar-refractivity contribution in [2.75, 3.05) is 0 Å². The zero-order chi connectivity index (χ0) is 24.9. The Morgan fingerprint density at radius 1 is 1.06 bits per heavy atom. The number of rotatable bonds is 6. The Hall–Kier alpha value is -2.84. The van der Waals surface area contributed by atoms with Gasteiger partial charge in [-0.05, 0) is 58.6 Å². The van der Waals surface area contributed by atoms with E-state index in [1.165, 1.54) is 59.6 Å². The number of hydrogen-bond donors (Lipinski definition) is 0. The molecule has 0 bridgehead atoms. The van der Waals surface area contributed by atoms with Crippen molar-refractivity contribution in [1.29, 1.82) is 0 Å². The lowest BCUT2D eigenvalue weighted by atomic mass is 9.74. The van der Waals surface area contributed by atoms with Gasteiger partial charge in [0.05, 0.1) is 6.72 Å². The van der Waals surface area contributed by atoms with Crippen LogP contribution in [0.25, 0.3) is 26.9 Å². The van der Waals surface area contributed by atoms with E-state index in [4.69, 9.17) is 0 Å². The summed E-state index contributed by atoms with van der Waals surface area (Å²) in [5.74, 6) is 0.653. The van der Waals surface area contributed by atoms with Crippen LogP contribution < -0.4 is 0 Å². The van der Waals surface area contributed by atoms with E-state index >= 15 is 0 Å². The van der Waals surface area contributed by atoms with Crippen molar-refractivity contribution in [2.24, 2.45) is 5.92 Å². The van der Waals surface area contributed by atoms with Gasteiger partial charge in [-0.2, -0.15) is 0 Å². The Morgan fingerprint density at radius 3 is 2.46 bits per heavy atom. The summed E-state index contributed by atoms with van der Waals surface area (Å²) in [6.45, 7) is 18.4. The first-order valence-corrected chi connectivity index (χ1v) is 13.8. The summed E-state index contributed by atoms with van der Waals surface area (Å²) in [7, 11) is 0. The number of fused-ring (bicyclic) bond motifs is 4. The first kappa shape index (κ1) is 23.9. The molecule has 1 aromatic heterocycles. The van der Waals surface area contributed by atoms with E-state index in [0.29, 0.717) is 5.92 Å². The normalized spacial score (nSPS) is 13.9. The number of aryl methyl sites for hydroxylation is 1. The molecule has 0 spiro atoms. The summed E-state index contributed by atoms with van der Waals surface area (Å²) < 4.78 is 3.44. The fraction of sp³-hybridized carbons (Fsp3) is 0.333. The Labute approximate surface area is 214 Å². The molecule has 35 heavy (non-hydrogen) atoms. The summed E-state index contributed by atoms with van der Waals surface area (Å²) in [6, 6.07) is 19.7. The van der Waals surface area contributed by atoms with Gasteiger partial charge < -0.3 is 0 Å². The van der Waals surface area contributed by atoms with Crippen LogP contribution >= 0.6 is 11.3 Å². The van der Waals surface area contributed by atoms with Crippen LogP contribution in [0.2, 0.25) is 0 Å². The van der Waals surface area contributed by atoms with E-state index in [-0.39, 0.29) is 5.41 Å². The van der Waals surface area contributed by atoms with Gasteiger partial charge in [-0.25, -0.2) is 0 Å². The number of hydrogen-bond acceptors (Lipinski definition) is 0. The third-order valence-corrected chi connectivity index (χ3v) is 9.33. The Balaban J connectivity index is 1.76. The second-order valence-electron chi connectivity index (χ2n) is 10.8. The summed E-state index contributed by atoms with van der Waals surface area (Å²) in [5, 5.41) is 4.11. The van der Waals surface area contributed by atoms with E-state index in [9.17, 15) is 0 Å². The second-order valence-corrected chi connectivity index (χ2v) is 11.9. The molecule has 1 aliphatic rings. The van der Waals surface area contributed by atoms with E-state index < -0.39 is 0 Å². The summed E-state index contributed by atoms with van der Waals surface area (Å²) in [4.78, 5) is 1.33. The van der Waals surface area contributed by atoms with Gasteiger partial charge in [0, 0.05) is 0 Å². The minimum absolute atomic E-state index is 0.133. The average molecular weight is 480 g/mol. The molecule has 1 nitrogen and oxygen atoms in total. The topological polar surface area (TPSA) is 3.01 Å². The predicted octanol–water partition coefficient (Wildman–Crippen LogP) is 9.26. The standard InChI is InChI=1S/C33H37NS/c1-8-33(6,9-2)29-20-27(22(5)24-12-10-11-13-25(24)29)31-32-26(16-17-34(31)7)28-19-23(18-21(3)4)14-15-30(28)35-32/h10-17,19-21H,7-9,18H2,1-6H3. The lowest BCUT2D eigenvalue weighted by Crippen LogP contribution is -2.23. The molecule has 0 saturated carbocycles. The van der Waals surface area contributed by atoms with E-state index in [2.05, 4.69) is 114 Å². The molecule has 3 aromatic carbocycles. The average Bonchev–Trinajstić information content (AvgIpc) is 3.22. The van der Waals surface area contributed by atoms with Crippen molar-refractivity contribution in [3.05, 3.63) is 93.5 Å². The molecular weight excluding hydrogens is 442 g/mol. The lowest BCUT2D eigenvalue weighted by Gasteiger charge is -2.33. The predicted molar refractivity (Wildman–Crippen MR) is 155 cm³/mol. The number of thiophene rings is 1. The quantitative estimate of drug-likeness (QED) is 0.147. The molecule has 4 aromatic rings. The van der Waals surface area contributed by atoms with Gasteiger partial charge in [-0.1, -0.05) is 94.5 Å². The Kier molecular flexibility index (Phi) is 6.13. The number of benzene rings is 3. The third-order valence-electron chi connectivity index (χ3n) is 8.14. The second kappa shape index (κ2) is 8.99. The maximum atomic E-state index is 4.45. The van der Waals surface area contributed by atoms with Gasteiger partial charge >= 0.3 is 0 Å². The molecular formula is C33H37NS. The highest BCUT2D eigenvalue weighted by Crippen LogP contribution is 2.46. The molecule has 0 aliphatic carbocycles. The first-order chi connectivity index (χ1) is 16.8. The summed E-state index contributed by atoms with van der Waals surface area (Å²) >= 11 is 1.90. The Morgan fingerprint density at radius 2 is 1.77 bits per heavy atom. The van der Waals surface area contributed by atoms with Crippen molar-refractivity contribution in [2.45, 2.75) is 66.2 Å². The van der Waals surface area contributed by atoms with Gasteiger partial charge in [-0.15, -0.1) is 17.7 Å². The van der Waals surface area contributed by atoms with Crippen LogP contribution in [0.1, 0.15) is 80.2 Å². The van der Waals surface area contributed by atoms with Gasteiger partial charge in [0.2, 0.25) is 0 Å². The first-order valence-electron chi connectivity index (χ1n) is 13.0. The molecule has 5 rings (SSSR count). The molecule has 2 heteroatoms. The number of nitrogens with zero attached hydrogens (tertiary/aromatic N) is 1. The zero-order valence-corrected chi connectivity index (χ0v) is 22.9. The third kappa shape index (κ3) is 3.93. The minimum Gasteiger partial charge on any atom is -0.257 e. The molecule has 180 valence electrons. The van der Waals surface area contributed by atoms with Crippen LogP contribution in [0.5, 0.6) is 0 Å². The van der Waals surface area contributed by atoms with Crippen molar-refractivity contribution in [3.63, 3.8) is 0 Å². The fourth-order valence-corrected chi connectivity index (χ4v) is 6.89. The van der Waals surface area contributed by atoms with E-state index in [1.807, 2.05) is 11.3 Å². The molecule has 0 fully saturated rings. The van der Waals surface area contributed by atoms with Crippen molar-refractivity contribution in [3.8, 4) is 0 Å². The van der Waals surface area contributed by atoms with Crippen molar-refractivity contribution < 1.29 is 4.58 Å². The van der Waals surface area contributed by atoms with Gasteiger partial charge in [-0.3, -0.25) is 4.58 Å². The van der Waals surface area contributed by atoms with E-state index in [0.717, 1.165) is 19.3 Å². The summed E-state index contributed by atoms with van der Waals surface area (Å²) in [6.07, 6.45) is 7.75. The lowest BCUT2D eigenvalue weighted by molar-refractivity contribution is -0.417. The highest BCUT2D eigenvalue weighted by Gasteiger charge is 2.35. The highest BCUT2D eigenvalue weighted by molar-refractivity contribution is 7.19. The SMILES string of the molecule is C=[N+]1C=Cc2c([s+][c-]3ccc(CC(C)C)cc23)[C-]1c1cc(C(C)(CC)CC)c2ccccc2c1C. The smallest absolute Gasteiger partial charge is 0.197 e. The molecule has 0 amide bonds. The molecule has 0 radical (unpaired) electrons. The molecule has 2 heterocycles. The van der Waals surface area contributed by atoms with E-state index in [1.54, 1.807) is 0 Å². The molecule has 0 saturated heterocycles. The van der Waals surface area contributed by atoms with Crippen LogP contribution in [0.4, 0.5) is 0 Å². The zero-order valence-electron chi connectivity index (χ0n) is 22.0. The summed E-state index contributed by atoms with van der Waals surface area (Å²) in [5.41, 5.74) is 6.99. The molecule has 0 N–H and O–H groups in total. The van der Waals surface area contributed by atoms with Crippen LogP contribution in [0, 0.1) is 18.9 Å². The maximum absolute atomic E-state index is 4.45. The van der Waals surface area contributed by atoms with Gasteiger partial charge in [0.1, 0.15) is 17.5 Å². The van der Waals surface area contributed by atoms with Crippen LogP contribution in [-0.2, 0) is 11.8 Å². The van der Waals surface area contributed by atoms with Crippen molar-refractivity contribution in [1.82, 2.24) is 0 Å². The van der Waals surface area contributed by atoms with Crippen LogP contribution in [0.15, 0.2) is 54.7 Å². The molecule has 0 unspecified atom stereocenters. The van der Waals surface area contributed by atoms with Gasteiger partial charge in [0.25, 0.3) is 0 Å². The largest absolute Gasteiger partial charge is 0.257 e. The molecule has 0 atom stereocenters. The Bertz CT molecular complexity index is 1460. The molecule has 1 aliphatic heterocycles. The van der Waals surface area contributed by atoms with Crippen LogP contribution in [-0.4, -0.2) is 11.3 Å². The maximum Gasteiger partial charge on any atom is 0.197 e. The van der Waals surface area contributed by atoms with Gasteiger partial charge in [0.15, 0.2) is 15.6 Å². The fourth-order valence-electron chi connectivity index (χ4n) is 5.65. The minimum atomic E-state index is 0.133. The monoisotopic (exact) mass is 479 g/mol. The van der Waals surface area contributed by atoms with Crippen molar-refractivity contribution >= 4 is 45.0 Å². The highest BCUT2D eigenvalue weighted by atomic mass is 32.1. The van der Waals surface area contributed by atoms with Crippen LogP contribution in [0.3, 0.4) is 0 Å².